The monoisotopic (exact) mass is 452 g/mol. The maximum absolute atomic E-state index is 12.9. The van der Waals surface area contributed by atoms with Crippen LogP contribution >= 0.6 is 0 Å². The van der Waals surface area contributed by atoms with E-state index in [4.69, 9.17) is 9.47 Å². The van der Waals surface area contributed by atoms with Crippen LogP contribution in [0.3, 0.4) is 0 Å². The number of imide groups is 1. The second-order valence-corrected chi connectivity index (χ2v) is 8.04. The van der Waals surface area contributed by atoms with Gasteiger partial charge < -0.3 is 24.6 Å². The summed E-state index contributed by atoms with van der Waals surface area (Å²) >= 11 is 0. The molecule has 2 aliphatic heterocycles. The number of nitrogens with zero attached hydrogens (tertiary/aromatic N) is 3. The van der Waals surface area contributed by atoms with E-state index in [0.717, 1.165) is 5.56 Å². The van der Waals surface area contributed by atoms with Gasteiger partial charge in [0, 0.05) is 25.7 Å². The summed E-state index contributed by atoms with van der Waals surface area (Å²) < 4.78 is 10.5. The molecule has 174 valence electrons. The third kappa shape index (κ3) is 4.72. The Labute approximate surface area is 192 Å². The molecule has 2 saturated heterocycles. The maximum atomic E-state index is 12.9. The summed E-state index contributed by atoms with van der Waals surface area (Å²) in [5.41, 5.74) is 1.49. The standard InChI is InChI=1S/C24H28N4O5/c1-32-20-9-8-17(14-21(20)33-2)15-25-23(30)26-12-10-18(11-13-26)27-16-22(29)28(24(27)31)19-6-4-3-5-7-19/h3-9,14,18H,10-13,15-16H2,1-2H3,(H,25,30). The Bertz CT molecular complexity index is 1020. The number of anilines is 1. The van der Waals surface area contributed by atoms with Crippen molar-refractivity contribution in [2.24, 2.45) is 0 Å². The molecular weight excluding hydrogens is 424 g/mol. The number of methoxy groups -OCH3 is 2. The van der Waals surface area contributed by atoms with Crippen molar-refractivity contribution in [2.75, 3.05) is 38.8 Å². The SMILES string of the molecule is COc1ccc(CNC(=O)N2CCC(N3CC(=O)N(c4ccccc4)C3=O)CC2)cc1OC. The number of para-hydroxylation sites is 1. The van der Waals surface area contributed by atoms with Crippen LogP contribution in [0.1, 0.15) is 18.4 Å². The Morgan fingerprint density at radius 2 is 1.70 bits per heavy atom. The molecular formula is C24H28N4O5. The Morgan fingerprint density at radius 1 is 1.00 bits per heavy atom. The van der Waals surface area contributed by atoms with Gasteiger partial charge in [-0.15, -0.1) is 0 Å². The van der Waals surface area contributed by atoms with Gasteiger partial charge in [-0.2, -0.15) is 0 Å². The van der Waals surface area contributed by atoms with E-state index in [0.29, 0.717) is 49.7 Å². The van der Waals surface area contributed by atoms with Gasteiger partial charge in [-0.25, -0.2) is 14.5 Å². The van der Waals surface area contributed by atoms with E-state index >= 15 is 0 Å². The Morgan fingerprint density at radius 3 is 2.36 bits per heavy atom. The second-order valence-electron chi connectivity index (χ2n) is 8.04. The number of benzene rings is 2. The molecule has 0 bridgehead atoms. The summed E-state index contributed by atoms with van der Waals surface area (Å²) in [6.45, 7) is 1.48. The summed E-state index contributed by atoms with van der Waals surface area (Å²) in [6, 6.07) is 14.0. The third-order valence-corrected chi connectivity index (χ3v) is 6.09. The van der Waals surface area contributed by atoms with E-state index in [1.165, 1.54) is 4.90 Å². The molecule has 2 aromatic carbocycles. The highest BCUT2D eigenvalue weighted by Crippen LogP contribution is 2.28. The van der Waals surface area contributed by atoms with Crippen LogP contribution in [0.5, 0.6) is 11.5 Å². The predicted molar refractivity (Wildman–Crippen MR) is 122 cm³/mol. The summed E-state index contributed by atoms with van der Waals surface area (Å²) in [5, 5.41) is 2.93. The van der Waals surface area contributed by atoms with Crippen molar-refractivity contribution in [3.8, 4) is 11.5 Å². The van der Waals surface area contributed by atoms with Gasteiger partial charge in [0.1, 0.15) is 6.54 Å². The zero-order valence-electron chi connectivity index (χ0n) is 18.8. The number of carbonyl (C=O) groups excluding carboxylic acids is 3. The molecule has 0 radical (unpaired) electrons. The van der Waals surface area contributed by atoms with Gasteiger partial charge in [-0.05, 0) is 42.7 Å². The van der Waals surface area contributed by atoms with Crippen molar-refractivity contribution in [2.45, 2.75) is 25.4 Å². The summed E-state index contributed by atoms with van der Waals surface area (Å²) in [5.74, 6) is 1.02. The van der Waals surface area contributed by atoms with Crippen LogP contribution in [0.2, 0.25) is 0 Å². The van der Waals surface area contributed by atoms with E-state index in [9.17, 15) is 14.4 Å². The topological polar surface area (TPSA) is 91.4 Å². The van der Waals surface area contributed by atoms with Crippen LogP contribution in [0.15, 0.2) is 48.5 Å². The molecule has 0 spiro atoms. The molecule has 2 aliphatic rings. The zero-order chi connectivity index (χ0) is 23.4. The smallest absolute Gasteiger partial charge is 0.332 e. The van der Waals surface area contributed by atoms with E-state index in [1.54, 1.807) is 54.4 Å². The lowest BCUT2D eigenvalue weighted by atomic mass is 10.0. The Kier molecular flexibility index (Phi) is 6.67. The van der Waals surface area contributed by atoms with Crippen molar-refractivity contribution in [1.82, 2.24) is 15.1 Å². The molecule has 9 nitrogen and oxygen atoms in total. The number of carbonyl (C=O) groups is 3. The van der Waals surface area contributed by atoms with Crippen molar-refractivity contribution >= 4 is 23.7 Å². The van der Waals surface area contributed by atoms with E-state index in [-0.39, 0.29) is 30.6 Å². The number of nitrogens with one attached hydrogen (secondary N) is 1. The summed E-state index contributed by atoms with van der Waals surface area (Å²) in [6.07, 6.45) is 1.26. The van der Waals surface area contributed by atoms with Crippen LogP contribution in [-0.2, 0) is 11.3 Å². The molecule has 0 atom stereocenters. The Balaban J connectivity index is 1.29. The summed E-state index contributed by atoms with van der Waals surface area (Å²) in [4.78, 5) is 42.7. The van der Waals surface area contributed by atoms with Crippen molar-refractivity contribution < 1.29 is 23.9 Å². The lowest BCUT2D eigenvalue weighted by Gasteiger charge is -2.36. The molecule has 0 saturated carbocycles. The van der Waals surface area contributed by atoms with Crippen molar-refractivity contribution in [3.63, 3.8) is 0 Å². The number of hydrogen-bond acceptors (Lipinski definition) is 5. The van der Waals surface area contributed by atoms with Crippen LogP contribution in [0, 0.1) is 0 Å². The minimum atomic E-state index is -0.289. The third-order valence-electron chi connectivity index (χ3n) is 6.09. The van der Waals surface area contributed by atoms with Crippen molar-refractivity contribution in [1.29, 1.82) is 0 Å². The van der Waals surface area contributed by atoms with E-state index in [1.807, 2.05) is 18.2 Å². The highest BCUT2D eigenvalue weighted by Gasteiger charge is 2.41. The van der Waals surface area contributed by atoms with Gasteiger partial charge in [-0.1, -0.05) is 24.3 Å². The fourth-order valence-electron chi connectivity index (χ4n) is 4.30. The molecule has 0 unspecified atom stereocenters. The number of hydrogen-bond donors (Lipinski definition) is 1. The van der Waals surface area contributed by atoms with Gasteiger partial charge in [0.25, 0.3) is 5.91 Å². The van der Waals surface area contributed by atoms with Crippen molar-refractivity contribution in [3.05, 3.63) is 54.1 Å². The number of likely N-dealkylation sites (tertiary alicyclic amines) is 1. The molecule has 4 rings (SSSR count). The van der Waals surface area contributed by atoms with Gasteiger partial charge >= 0.3 is 12.1 Å². The molecule has 2 heterocycles. The first-order chi connectivity index (χ1) is 16.0. The first-order valence-corrected chi connectivity index (χ1v) is 10.9. The van der Waals surface area contributed by atoms with Crippen LogP contribution < -0.4 is 19.7 Å². The normalized spacial score (nSPS) is 16.8. The average Bonchev–Trinajstić information content (AvgIpc) is 3.16. The van der Waals surface area contributed by atoms with Gasteiger partial charge in [0.2, 0.25) is 0 Å². The fourth-order valence-corrected chi connectivity index (χ4v) is 4.30. The maximum Gasteiger partial charge on any atom is 0.332 e. The quantitative estimate of drug-likeness (QED) is 0.681. The molecule has 5 amide bonds. The van der Waals surface area contributed by atoms with E-state index in [2.05, 4.69) is 5.32 Å². The predicted octanol–water partition coefficient (Wildman–Crippen LogP) is 2.85. The molecule has 0 aromatic heterocycles. The molecule has 2 aromatic rings. The lowest BCUT2D eigenvalue weighted by Crippen LogP contribution is -2.50. The number of rotatable bonds is 6. The minimum Gasteiger partial charge on any atom is -0.493 e. The first kappa shape index (κ1) is 22.4. The fraction of sp³-hybridized carbons (Fsp3) is 0.375. The molecule has 1 N–H and O–H groups in total. The number of piperidine rings is 1. The molecule has 0 aliphatic carbocycles. The highest BCUT2D eigenvalue weighted by molar-refractivity contribution is 6.19. The number of ether oxygens (including phenoxy) is 2. The van der Waals surface area contributed by atoms with Gasteiger partial charge in [0.05, 0.1) is 19.9 Å². The van der Waals surface area contributed by atoms with Crippen LogP contribution in [-0.4, -0.2) is 67.7 Å². The zero-order valence-corrected chi connectivity index (χ0v) is 18.8. The van der Waals surface area contributed by atoms with Crippen LogP contribution in [0.25, 0.3) is 0 Å². The largest absolute Gasteiger partial charge is 0.493 e. The molecule has 9 heteroatoms. The Hall–Kier alpha value is -3.75. The molecule has 2 fully saturated rings. The van der Waals surface area contributed by atoms with E-state index < -0.39 is 0 Å². The summed E-state index contributed by atoms with van der Waals surface area (Å²) in [7, 11) is 3.15. The number of amides is 5. The minimum absolute atomic E-state index is 0.0648. The highest BCUT2D eigenvalue weighted by atomic mass is 16.5. The van der Waals surface area contributed by atoms with Gasteiger partial charge in [0.15, 0.2) is 11.5 Å². The molecule has 33 heavy (non-hydrogen) atoms. The first-order valence-electron chi connectivity index (χ1n) is 10.9. The second kappa shape index (κ2) is 9.81. The average molecular weight is 453 g/mol. The van der Waals surface area contributed by atoms with Gasteiger partial charge in [-0.3, -0.25) is 4.79 Å². The van der Waals surface area contributed by atoms with Crippen LogP contribution in [0.4, 0.5) is 15.3 Å². The number of urea groups is 2. The lowest BCUT2D eigenvalue weighted by molar-refractivity contribution is -0.116.